The second-order valence-electron chi connectivity index (χ2n) is 9.67. The van der Waals surface area contributed by atoms with Crippen molar-refractivity contribution in [1.82, 2.24) is 0 Å². The highest BCUT2D eigenvalue weighted by Gasteiger charge is 2.11. The van der Waals surface area contributed by atoms with Gasteiger partial charge in [0.1, 0.15) is 11.5 Å². The highest BCUT2D eigenvalue weighted by Crippen LogP contribution is 2.26. The average Bonchev–Trinajstić information content (AvgIpc) is 3.07. The molecule has 10 nitrogen and oxygen atoms in total. The monoisotopic (exact) mass is 700 g/mol. The van der Waals surface area contributed by atoms with E-state index in [2.05, 4.69) is 26.6 Å². The van der Waals surface area contributed by atoms with Crippen molar-refractivity contribution < 1.29 is 38.9 Å². The molecule has 0 aliphatic carbocycles. The van der Waals surface area contributed by atoms with E-state index in [9.17, 15) is 19.2 Å². The van der Waals surface area contributed by atoms with Crippen molar-refractivity contribution in [3.8, 4) is 11.5 Å². The topological polar surface area (TPSA) is 151 Å². The van der Waals surface area contributed by atoms with Crippen molar-refractivity contribution in [2.24, 2.45) is 0 Å². The molecular weight excluding hydrogens is 668 g/mol. The zero-order valence-corrected chi connectivity index (χ0v) is 27.4. The third-order valence-corrected chi connectivity index (χ3v) is 7.21. The highest BCUT2D eigenvalue weighted by atomic mass is 79.9. The summed E-state index contributed by atoms with van der Waals surface area (Å²) in [4.78, 5) is 46.2. The van der Waals surface area contributed by atoms with E-state index in [1.807, 2.05) is 37.3 Å². The Kier molecular flexibility index (Phi) is 13.5. The van der Waals surface area contributed by atoms with Crippen LogP contribution in [0.15, 0.2) is 102 Å². The summed E-state index contributed by atoms with van der Waals surface area (Å²) in [6.45, 7) is 2.04. The molecule has 0 fully saturated rings. The number of carboxylic acid groups (broad SMARTS) is 2. The lowest BCUT2D eigenvalue weighted by molar-refractivity contribution is -0.112. The smallest absolute Gasteiger partial charge is 0.337 e. The molecule has 0 spiro atoms. The normalized spacial score (nSPS) is 10.6. The van der Waals surface area contributed by atoms with Gasteiger partial charge in [0.2, 0.25) is 11.8 Å². The first-order valence-corrected chi connectivity index (χ1v) is 15.0. The number of para-hydroxylation sites is 2. The van der Waals surface area contributed by atoms with Crippen LogP contribution in [0.3, 0.4) is 0 Å². The number of halogens is 1. The van der Waals surface area contributed by atoms with Gasteiger partial charge in [-0.05, 0) is 93.7 Å². The van der Waals surface area contributed by atoms with Gasteiger partial charge in [0.15, 0.2) is 0 Å². The summed E-state index contributed by atoms with van der Waals surface area (Å²) in [6.07, 6.45) is 6.83. The number of ether oxygens (including phenoxy) is 2. The Balaban J connectivity index is 0.000000256. The van der Waals surface area contributed by atoms with Crippen LogP contribution in [0.5, 0.6) is 11.5 Å². The molecule has 47 heavy (non-hydrogen) atoms. The van der Waals surface area contributed by atoms with Crippen LogP contribution >= 0.6 is 15.9 Å². The first kappa shape index (κ1) is 35.8. The number of nitrogens with one attached hydrogen (secondary N) is 2. The van der Waals surface area contributed by atoms with Crippen LogP contribution in [0.4, 0.5) is 11.4 Å². The Bertz CT molecular complexity index is 1820. The summed E-state index contributed by atoms with van der Waals surface area (Å²) in [5, 5.41) is 23.3. The fourth-order valence-corrected chi connectivity index (χ4v) is 4.60. The van der Waals surface area contributed by atoms with E-state index in [0.29, 0.717) is 5.75 Å². The molecule has 0 atom stereocenters. The largest absolute Gasteiger partial charge is 0.496 e. The lowest BCUT2D eigenvalue weighted by atomic mass is 10.1. The average molecular weight is 702 g/mol. The van der Waals surface area contributed by atoms with Gasteiger partial charge in [-0.15, -0.1) is 0 Å². The number of carbonyl (C=O) groups is 4. The highest BCUT2D eigenvalue weighted by molar-refractivity contribution is 9.10. The SMILES string of the molecule is CCc1ccc(/C=C/C(=O)Nc2ccccc2C(=O)O)cc1OC.COc1cc(/C=C/C(=O)Nc2ccccc2C(=O)O)ccc1Br. The minimum Gasteiger partial charge on any atom is -0.496 e. The van der Waals surface area contributed by atoms with Gasteiger partial charge in [-0.1, -0.05) is 49.4 Å². The molecule has 0 aliphatic rings. The summed E-state index contributed by atoms with van der Waals surface area (Å²) in [5.41, 5.74) is 3.31. The molecule has 0 heterocycles. The number of rotatable bonds is 11. The molecule has 4 aromatic rings. The Labute approximate surface area is 280 Å². The van der Waals surface area contributed by atoms with E-state index < -0.39 is 23.8 Å². The quantitative estimate of drug-likeness (QED) is 0.118. The van der Waals surface area contributed by atoms with Gasteiger partial charge < -0.3 is 30.3 Å². The summed E-state index contributed by atoms with van der Waals surface area (Å²) >= 11 is 3.35. The predicted octanol–water partition coefficient (Wildman–Crippen LogP) is 7.42. The van der Waals surface area contributed by atoms with Crippen molar-refractivity contribution in [3.63, 3.8) is 0 Å². The lowest BCUT2D eigenvalue weighted by Gasteiger charge is -2.07. The fourth-order valence-electron chi connectivity index (χ4n) is 4.19. The van der Waals surface area contributed by atoms with E-state index >= 15 is 0 Å². The van der Waals surface area contributed by atoms with Crippen LogP contribution in [0.2, 0.25) is 0 Å². The van der Waals surface area contributed by atoms with Gasteiger partial charge in [0, 0.05) is 12.2 Å². The van der Waals surface area contributed by atoms with E-state index in [-0.39, 0.29) is 22.5 Å². The first-order valence-electron chi connectivity index (χ1n) is 14.2. The summed E-state index contributed by atoms with van der Waals surface area (Å²) < 4.78 is 11.3. The molecule has 0 aliphatic heterocycles. The second kappa shape index (κ2) is 17.7. The van der Waals surface area contributed by atoms with Crippen LogP contribution in [0, 0.1) is 0 Å². The molecule has 11 heteroatoms. The Morgan fingerprint density at radius 2 is 1.13 bits per heavy atom. The molecule has 0 unspecified atom stereocenters. The van der Waals surface area contributed by atoms with E-state index in [1.165, 1.54) is 30.4 Å². The van der Waals surface area contributed by atoms with Crippen LogP contribution in [0.25, 0.3) is 12.2 Å². The number of methoxy groups -OCH3 is 2. The van der Waals surface area contributed by atoms with Gasteiger partial charge in [0.05, 0.1) is 41.2 Å². The zero-order chi connectivity index (χ0) is 34.3. The number of aromatic carboxylic acids is 2. The Hall–Kier alpha value is -5.68. The summed E-state index contributed by atoms with van der Waals surface area (Å²) in [5.74, 6) is -1.57. The van der Waals surface area contributed by atoms with Crippen LogP contribution in [0.1, 0.15) is 44.3 Å². The summed E-state index contributed by atoms with van der Waals surface area (Å²) in [7, 11) is 3.17. The predicted molar refractivity (Wildman–Crippen MR) is 185 cm³/mol. The van der Waals surface area contributed by atoms with Gasteiger partial charge in [0.25, 0.3) is 0 Å². The number of hydrogen-bond donors (Lipinski definition) is 4. The van der Waals surface area contributed by atoms with Crippen molar-refractivity contribution in [3.05, 3.63) is 129 Å². The summed E-state index contributed by atoms with van der Waals surface area (Å²) in [6, 6.07) is 23.6. The van der Waals surface area contributed by atoms with Crippen LogP contribution in [-0.2, 0) is 16.0 Å². The Morgan fingerprint density at radius 3 is 1.57 bits per heavy atom. The molecule has 2 amide bonds. The molecule has 4 aromatic carbocycles. The molecule has 242 valence electrons. The maximum absolute atomic E-state index is 12.0. The third-order valence-electron chi connectivity index (χ3n) is 6.55. The molecular formula is C36H33BrN2O8. The Morgan fingerprint density at radius 1 is 0.681 bits per heavy atom. The lowest BCUT2D eigenvalue weighted by Crippen LogP contribution is -2.11. The van der Waals surface area contributed by atoms with Crippen molar-refractivity contribution in [2.45, 2.75) is 13.3 Å². The van der Waals surface area contributed by atoms with Crippen molar-refractivity contribution in [2.75, 3.05) is 24.9 Å². The maximum Gasteiger partial charge on any atom is 0.337 e. The van der Waals surface area contributed by atoms with E-state index in [1.54, 1.807) is 62.8 Å². The molecule has 0 radical (unpaired) electrons. The third kappa shape index (κ3) is 10.7. The first-order chi connectivity index (χ1) is 22.6. The minimum atomic E-state index is -1.09. The van der Waals surface area contributed by atoms with E-state index in [4.69, 9.17) is 19.7 Å². The molecule has 4 N–H and O–H groups in total. The zero-order valence-electron chi connectivity index (χ0n) is 25.8. The molecule has 0 saturated carbocycles. The van der Waals surface area contributed by atoms with Crippen LogP contribution < -0.4 is 20.1 Å². The van der Waals surface area contributed by atoms with Crippen LogP contribution in [-0.4, -0.2) is 48.2 Å². The number of benzene rings is 4. The fraction of sp³-hybridized carbons (Fsp3) is 0.111. The minimum absolute atomic E-state index is 0.0413. The van der Waals surface area contributed by atoms with Gasteiger partial charge in [-0.3, -0.25) is 9.59 Å². The van der Waals surface area contributed by atoms with Gasteiger partial charge >= 0.3 is 11.9 Å². The number of carboxylic acids is 2. The standard InChI is InChI=1S/C19H19NO4.C17H14BrNO4/c1-3-14-10-8-13(12-17(14)24-2)9-11-18(21)20-16-7-5-4-6-15(16)19(22)23;1-23-15-10-11(6-8-13(15)18)7-9-16(20)19-14-5-3-2-4-12(14)17(21)22/h4-12H,3H2,1-2H3,(H,20,21)(H,22,23);2-10H,1H3,(H,19,20)(H,21,22)/b11-9+;9-7+. The van der Waals surface area contributed by atoms with Gasteiger partial charge in [-0.25, -0.2) is 9.59 Å². The van der Waals surface area contributed by atoms with Crippen molar-refractivity contribution in [1.29, 1.82) is 0 Å². The second-order valence-corrected chi connectivity index (χ2v) is 10.5. The number of amides is 2. The van der Waals surface area contributed by atoms with Crippen molar-refractivity contribution >= 4 is 63.2 Å². The van der Waals surface area contributed by atoms with E-state index in [0.717, 1.165) is 33.3 Å². The number of hydrogen-bond acceptors (Lipinski definition) is 6. The van der Waals surface area contributed by atoms with Gasteiger partial charge in [-0.2, -0.15) is 0 Å². The molecule has 0 bridgehead atoms. The maximum atomic E-state index is 12.0. The number of anilines is 2. The number of carbonyl (C=O) groups excluding carboxylic acids is 2. The molecule has 0 saturated heterocycles. The molecule has 0 aromatic heterocycles. The molecule has 4 rings (SSSR count). The number of aryl methyl sites for hydroxylation is 1.